The Hall–Kier alpha value is -1.10. The van der Waals surface area contributed by atoms with Crippen LogP contribution in [0.3, 0.4) is 0 Å². The molecule has 1 saturated heterocycles. The van der Waals surface area contributed by atoms with Crippen LogP contribution in [0.5, 0.6) is 0 Å². The molecular weight excluding hydrogens is 242 g/mol. The highest BCUT2D eigenvalue weighted by molar-refractivity contribution is 6.29. The largest absolute Gasteiger partial charge is 0.346 e. The lowest BCUT2D eigenvalue weighted by atomic mass is 10.1. The first kappa shape index (κ1) is 12.4. The maximum atomic E-state index is 11.4. The Morgan fingerprint density at radius 3 is 2.82 bits per heavy atom. The third kappa shape index (κ3) is 2.77. The van der Waals surface area contributed by atoms with E-state index in [4.69, 9.17) is 21.1 Å². The molecule has 5 heteroatoms. The van der Waals surface area contributed by atoms with Gasteiger partial charge in [-0.15, -0.1) is 11.6 Å². The van der Waals surface area contributed by atoms with Crippen molar-refractivity contribution in [1.82, 2.24) is 0 Å². The number of hydrogen-bond donors (Lipinski definition) is 1. The SMILES string of the molecule is Cc1cccc(C2OCCO2)c1NC(=O)CCl. The van der Waals surface area contributed by atoms with E-state index in [9.17, 15) is 4.79 Å². The van der Waals surface area contributed by atoms with E-state index in [1.54, 1.807) is 0 Å². The zero-order chi connectivity index (χ0) is 12.3. The molecule has 0 aromatic heterocycles. The second kappa shape index (κ2) is 5.49. The molecule has 1 aliphatic heterocycles. The maximum absolute atomic E-state index is 11.4. The highest BCUT2D eigenvalue weighted by Gasteiger charge is 2.22. The molecule has 1 aromatic rings. The molecule has 17 heavy (non-hydrogen) atoms. The fraction of sp³-hybridized carbons (Fsp3) is 0.417. The monoisotopic (exact) mass is 255 g/mol. The fourth-order valence-electron chi connectivity index (χ4n) is 1.77. The summed E-state index contributed by atoms with van der Waals surface area (Å²) in [7, 11) is 0. The van der Waals surface area contributed by atoms with E-state index < -0.39 is 6.29 Å². The van der Waals surface area contributed by atoms with Gasteiger partial charge in [0.1, 0.15) is 5.88 Å². The summed E-state index contributed by atoms with van der Waals surface area (Å²) in [5.74, 6) is -0.305. The van der Waals surface area contributed by atoms with Gasteiger partial charge in [-0.1, -0.05) is 18.2 Å². The third-order valence-electron chi connectivity index (χ3n) is 2.57. The molecule has 0 unspecified atom stereocenters. The van der Waals surface area contributed by atoms with Crippen molar-refractivity contribution < 1.29 is 14.3 Å². The summed E-state index contributed by atoms with van der Waals surface area (Å²) >= 11 is 5.49. The van der Waals surface area contributed by atoms with Crippen molar-refractivity contribution >= 4 is 23.2 Å². The molecule has 1 aromatic carbocycles. The second-order valence-corrected chi connectivity index (χ2v) is 4.06. The van der Waals surface area contributed by atoms with Crippen LogP contribution in [-0.4, -0.2) is 25.0 Å². The van der Waals surface area contributed by atoms with Gasteiger partial charge >= 0.3 is 0 Å². The van der Waals surface area contributed by atoms with Crippen molar-refractivity contribution in [3.05, 3.63) is 29.3 Å². The number of alkyl halides is 1. The molecule has 92 valence electrons. The topological polar surface area (TPSA) is 47.6 Å². The minimum Gasteiger partial charge on any atom is -0.346 e. The molecule has 0 radical (unpaired) electrons. The van der Waals surface area contributed by atoms with E-state index in [1.807, 2.05) is 25.1 Å². The first-order valence-corrected chi connectivity index (χ1v) is 5.94. The summed E-state index contributed by atoms with van der Waals surface area (Å²) in [4.78, 5) is 11.4. The van der Waals surface area contributed by atoms with Crippen LogP contribution in [0.2, 0.25) is 0 Å². The normalized spacial score (nSPS) is 16.1. The number of carbonyl (C=O) groups is 1. The minimum atomic E-state index is -0.402. The van der Waals surface area contributed by atoms with E-state index in [-0.39, 0.29) is 11.8 Å². The Bertz CT molecular complexity index is 416. The number of ether oxygens (including phenoxy) is 2. The van der Waals surface area contributed by atoms with Crippen LogP contribution in [0.4, 0.5) is 5.69 Å². The Morgan fingerprint density at radius 1 is 1.47 bits per heavy atom. The summed E-state index contributed by atoms with van der Waals surface area (Å²) < 4.78 is 10.9. The Labute approximate surface area is 105 Å². The standard InChI is InChI=1S/C12H14ClNO3/c1-8-3-2-4-9(12-16-5-6-17-12)11(8)14-10(15)7-13/h2-4,12H,5-7H2,1H3,(H,14,15). The number of halogens is 1. The van der Waals surface area contributed by atoms with Crippen LogP contribution in [0.15, 0.2) is 18.2 Å². The lowest BCUT2D eigenvalue weighted by Crippen LogP contribution is -2.16. The van der Waals surface area contributed by atoms with Crippen molar-refractivity contribution in [3.8, 4) is 0 Å². The van der Waals surface area contributed by atoms with E-state index in [0.717, 1.165) is 16.8 Å². The van der Waals surface area contributed by atoms with Crippen LogP contribution in [-0.2, 0) is 14.3 Å². The first-order valence-electron chi connectivity index (χ1n) is 5.41. The predicted octanol–water partition coefficient (Wildman–Crippen LogP) is 2.22. The van der Waals surface area contributed by atoms with E-state index in [1.165, 1.54) is 0 Å². The summed E-state index contributed by atoms with van der Waals surface area (Å²) in [6.07, 6.45) is -0.402. The van der Waals surface area contributed by atoms with Gasteiger partial charge in [0.15, 0.2) is 6.29 Å². The van der Waals surface area contributed by atoms with E-state index in [0.29, 0.717) is 13.2 Å². The number of para-hydroxylation sites is 1. The number of rotatable bonds is 3. The molecule has 0 bridgehead atoms. The summed E-state index contributed by atoms with van der Waals surface area (Å²) in [5, 5.41) is 2.77. The molecule has 1 amide bonds. The van der Waals surface area contributed by atoms with Gasteiger partial charge in [0.2, 0.25) is 5.91 Å². The number of amides is 1. The third-order valence-corrected chi connectivity index (χ3v) is 2.81. The molecule has 0 aliphatic carbocycles. The van der Waals surface area contributed by atoms with Crippen LogP contribution in [0.25, 0.3) is 0 Å². The van der Waals surface area contributed by atoms with Crippen LogP contribution < -0.4 is 5.32 Å². The number of benzene rings is 1. The molecule has 1 heterocycles. The molecule has 0 spiro atoms. The lowest BCUT2D eigenvalue weighted by molar-refractivity contribution is -0.113. The summed E-state index contributed by atoms with van der Waals surface area (Å²) in [5.41, 5.74) is 2.52. The number of nitrogens with one attached hydrogen (secondary N) is 1. The lowest BCUT2D eigenvalue weighted by Gasteiger charge is -2.17. The number of hydrogen-bond acceptors (Lipinski definition) is 3. The average Bonchev–Trinajstić information content (AvgIpc) is 2.85. The minimum absolute atomic E-state index is 0.0693. The van der Waals surface area contributed by atoms with Crippen LogP contribution >= 0.6 is 11.6 Å². The highest BCUT2D eigenvalue weighted by atomic mass is 35.5. The smallest absolute Gasteiger partial charge is 0.239 e. The molecule has 0 saturated carbocycles. The molecule has 1 N–H and O–H groups in total. The highest BCUT2D eigenvalue weighted by Crippen LogP contribution is 2.31. The first-order chi connectivity index (χ1) is 8.22. The maximum Gasteiger partial charge on any atom is 0.239 e. The Balaban J connectivity index is 2.30. The Morgan fingerprint density at radius 2 is 2.18 bits per heavy atom. The van der Waals surface area contributed by atoms with Gasteiger partial charge in [-0.05, 0) is 12.5 Å². The van der Waals surface area contributed by atoms with Crippen molar-refractivity contribution in [2.24, 2.45) is 0 Å². The van der Waals surface area contributed by atoms with Crippen LogP contribution in [0, 0.1) is 6.92 Å². The number of aryl methyl sites for hydroxylation is 1. The van der Waals surface area contributed by atoms with Crippen LogP contribution in [0.1, 0.15) is 17.4 Å². The quantitative estimate of drug-likeness (QED) is 0.843. The summed E-state index contributed by atoms with van der Waals surface area (Å²) in [6.45, 7) is 3.06. The van der Waals surface area contributed by atoms with Crippen molar-refractivity contribution in [2.75, 3.05) is 24.4 Å². The Kier molecular flexibility index (Phi) is 3.99. The molecular formula is C12H14ClNO3. The van der Waals surface area contributed by atoms with Crippen molar-refractivity contribution in [1.29, 1.82) is 0 Å². The number of carbonyl (C=O) groups excluding carboxylic acids is 1. The zero-order valence-electron chi connectivity index (χ0n) is 9.53. The van der Waals surface area contributed by atoms with Gasteiger partial charge in [-0.3, -0.25) is 4.79 Å². The average molecular weight is 256 g/mol. The second-order valence-electron chi connectivity index (χ2n) is 3.79. The van der Waals surface area contributed by atoms with Gasteiger partial charge in [0.05, 0.1) is 18.9 Å². The number of anilines is 1. The van der Waals surface area contributed by atoms with Gasteiger partial charge in [0, 0.05) is 5.56 Å². The zero-order valence-corrected chi connectivity index (χ0v) is 10.3. The van der Waals surface area contributed by atoms with E-state index in [2.05, 4.69) is 5.32 Å². The van der Waals surface area contributed by atoms with Gasteiger partial charge in [-0.25, -0.2) is 0 Å². The molecule has 2 rings (SSSR count). The molecule has 1 aliphatic rings. The van der Waals surface area contributed by atoms with Gasteiger partial charge < -0.3 is 14.8 Å². The summed E-state index contributed by atoms with van der Waals surface area (Å²) in [6, 6.07) is 5.71. The fourth-order valence-corrected chi connectivity index (χ4v) is 1.84. The van der Waals surface area contributed by atoms with Gasteiger partial charge in [-0.2, -0.15) is 0 Å². The van der Waals surface area contributed by atoms with Gasteiger partial charge in [0.25, 0.3) is 0 Å². The van der Waals surface area contributed by atoms with Crippen molar-refractivity contribution in [3.63, 3.8) is 0 Å². The van der Waals surface area contributed by atoms with E-state index >= 15 is 0 Å². The van der Waals surface area contributed by atoms with Crippen molar-refractivity contribution in [2.45, 2.75) is 13.2 Å². The molecule has 0 atom stereocenters. The predicted molar refractivity (Wildman–Crippen MR) is 65.2 cm³/mol. The molecule has 1 fully saturated rings. The molecule has 4 nitrogen and oxygen atoms in total.